The molecule has 24 heavy (non-hydrogen) atoms. The molecule has 128 valence electrons. The number of carbonyl (C=O) groups is 1. The van der Waals surface area contributed by atoms with E-state index in [1.54, 1.807) is 20.3 Å². The van der Waals surface area contributed by atoms with Crippen LogP contribution in [0.15, 0.2) is 28.8 Å². The van der Waals surface area contributed by atoms with E-state index in [0.29, 0.717) is 30.3 Å². The summed E-state index contributed by atoms with van der Waals surface area (Å²) in [6.45, 7) is 3.12. The van der Waals surface area contributed by atoms with Gasteiger partial charge in [-0.15, -0.1) is 0 Å². The van der Waals surface area contributed by atoms with Crippen molar-refractivity contribution in [1.29, 1.82) is 0 Å². The van der Waals surface area contributed by atoms with Crippen molar-refractivity contribution in [3.8, 4) is 22.8 Å². The Balaban J connectivity index is 1.78. The Labute approximate surface area is 141 Å². The minimum absolute atomic E-state index is 0.206. The van der Waals surface area contributed by atoms with Crippen LogP contribution in [0, 0.1) is 5.92 Å². The highest BCUT2D eigenvalue weighted by atomic mass is 16.5. The van der Waals surface area contributed by atoms with E-state index in [9.17, 15) is 4.79 Å². The van der Waals surface area contributed by atoms with Crippen LogP contribution in [0.4, 0.5) is 0 Å². The zero-order valence-corrected chi connectivity index (χ0v) is 14.2. The van der Waals surface area contributed by atoms with Crippen molar-refractivity contribution in [1.82, 2.24) is 10.1 Å². The molecule has 6 nitrogen and oxygen atoms in total. The summed E-state index contributed by atoms with van der Waals surface area (Å²) in [7, 11) is 3.21. The number of hydrogen-bond donors (Lipinski definition) is 0. The van der Waals surface area contributed by atoms with Crippen LogP contribution in [0.2, 0.25) is 0 Å². The third kappa shape index (κ3) is 3.37. The lowest BCUT2D eigenvalue weighted by molar-refractivity contribution is -0.133. The molecule has 0 saturated heterocycles. The highest BCUT2D eigenvalue weighted by molar-refractivity contribution is 5.81. The first-order valence-electron chi connectivity index (χ1n) is 8.13. The van der Waals surface area contributed by atoms with Gasteiger partial charge in [0.25, 0.3) is 0 Å². The molecule has 1 aliphatic rings. The number of aromatic nitrogens is 1. The number of benzene rings is 1. The van der Waals surface area contributed by atoms with Crippen LogP contribution in [-0.4, -0.2) is 36.7 Å². The Hall–Kier alpha value is -2.50. The summed E-state index contributed by atoms with van der Waals surface area (Å²) in [5.74, 6) is 2.39. The van der Waals surface area contributed by atoms with Crippen LogP contribution < -0.4 is 9.47 Å². The van der Waals surface area contributed by atoms with Crippen LogP contribution in [0.1, 0.15) is 25.5 Å². The molecular formula is C18H22N2O4. The average molecular weight is 330 g/mol. The average Bonchev–Trinajstić information content (AvgIpc) is 3.37. The summed E-state index contributed by atoms with van der Waals surface area (Å²) in [5.41, 5.74) is 1.53. The number of methoxy groups -OCH3 is 2. The van der Waals surface area contributed by atoms with Gasteiger partial charge in [0.05, 0.1) is 26.3 Å². The number of rotatable bonds is 7. The van der Waals surface area contributed by atoms with E-state index in [0.717, 1.165) is 24.1 Å². The van der Waals surface area contributed by atoms with Crippen molar-refractivity contribution >= 4 is 5.91 Å². The molecular weight excluding hydrogens is 308 g/mol. The lowest BCUT2D eigenvalue weighted by atomic mass is 10.1. The fourth-order valence-electron chi connectivity index (χ4n) is 2.64. The molecule has 0 aliphatic heterocycles. The molecule has 0 atom stereocenters. The van der Waals surface area contributed by atoms with Gasteiger partial charge in [0, 0.05) is 24.6 Å². The van der Waals surface area contributed by atoms with Gasteiger partial charge in [-0.2, -0.15) is 0 Å². The summed E-state index contributed by atoms with van der Waals surface area (Å²) in [5, 5.41) is 4.10. The summed E-state index contributed by atoms with van der Waals surface area (Å²) < 4.78 is 16.1. The van der Waals surface area contributed by atoms with Crippen molar-refractivity contribution in [2.24, 2.45) is 5.92 Å². The van der Waals surface area contributed by atoms with Gasteiger partial charge < -0.3 is 18.9 Å². The molecule has 1 aliphatic carbocycles. The van der Waals surface area contributed by atoms with Crippen LogP contribution in [0.3, 0.4) is 0 Å². The Bertz CT molecular complexity index is 722. The molecule has 1 saturated carbocycles. The SMILES string of the molecule is CCN(Cc1cc(-c2ccc(OC)cc2OC)on1)C(=O)C1CC1. The fraction of sp³-hybridized carbons (Fsp3) is 0.444. The van der Waals surface area contributed by atoms with Crippen molar-refractivity contribution in [2.75, 3.05) is 20.8 Å². The van der Waals surface area contributed by atoms with Gasteiger partial charge >= 0.3 is 0 Å². The number of nitrogens with zero attached hydrogens (tertiary/aromatic N) is 2. The van der Waals surface area contributed by atoms with E-state index < -0.39 is 0 Å². The van der Waals surface area contributed by atoms with E-state index in [4.69, 9.17) is 14.0 Å². The molecule has 1 amide bonds. The van der Waals surface area contributed by atoms with Crippen LogP contribution >= 0.6 is 0 Å². The highest BCUT2D eigenvalue weighted by Gasteiger charge is 2.33. The van der Waals surface area contributed by atoms with Crippen molar-refractivity contribution in [2.45, 2.75) is 26.3 Å². The van der Waals surface area contributed by atoms with Crippen LogP contribution in [-0.2, 0) is 11.3 Å². The number of hydrogen-bond acceptors (Lipinski definition) is 5. The molecule has 1 heterocycles. The maximum Gasteiger partial charge on any atom is 0.226 e. The second-order valence-corrected chi connectivity index (χ2v) is 5.88. The van der Waals surface area contributed by atoms with Crippen LogP contribution in [0.25, 0.3) is 11.3 Å². The number of carbonyl (C=O) groups excluding carboxylic acids is 1. The van der Waals surface area contributed by atoms with E-state index in [2.05, 4.69) is 5.16 Å². The standard InChI is InChI=1S/C18H22N2O4/c1-4-20(18(21)12-5-6-12)11-13-9-17(24-19-13)15-8-7-14(22-2)10-16(15)23-3/h7-10,12H,4-6,11H2,1-3H3. The van der Waals surface area contributed by atoms with Gasteiger partial charge in [-0.25, -0.2) is 0 Å². The minimum Gasteiger partial charge on any atom is -0.497 e. The predicted octanol–water partition coefficient (Wildman–Crippen LogP) is 3.12. The topological polar surface area (TPSA) is 64.8 Å². The zero-order chi connectivity index (χ0) is 17.1. The van der Waals surface area contributed by atoms with Gasteiger partial charge in [0.15, 0.2) is 5.76 Å². The van der Waals surface area contributed by atoms with Crippen molar-refractivity contribution < 1.29 is 18.8 Å². The summed E-state index contributed by atoms with van der Waals surface area (Å²) >= 11 is 0. The maximum absolute atomic E-state index is 12.2. The molecule has 0 bridgehead atoms. The smallest absolute Gasteiger partial charge is 0.226 e. The highest BCUT2D eigenvalue weighted by Crippen LogP contribution is 2.34. The third-order valence-corrected chi connectivity index (χ3v) is 4.21. The number of amides is 1. The number of ether oxygens (including phenoxy) is 2. The molecule has 0 N–H and O–H groups in total. The monoisotopic (exact) mass is 330 g/mol. The second kappa shape index (κ2) is 6.95. The largest absolute Gasteiger partial charge is 0.497 e. The van der Waals surface area contributed by atoms with Gasteiger partial charge in [0.2, 0.25) is 5.91 Å². The van der Waals surface area contributed by atoms with Gasteiger partial charge in [-0.1, -0.05) is 5.16 Å². The first-order valence-corrected chi connectivity index (χ1v) is 8.13. The first-order chi connectivity index (χ1) is 11.7. The summed E-state index contributed by atoms with van der Waals surface area (Å²) in [6.07, 6.45) is 2.00. The molecule has 0 spiro atoms. The normalized spacial score (nSPS) is 13.6. The van der Waals surface area contributed by atoms with Crippen LogP contribution in [0.5, 0.6) is 11.5 Å². The van der Waals surface area contributed by atoms with E-state index in [1.807, 2.05) is 30.0 Å². The molecule has 1 aromatic heterocycles. The predicted molar refractivity (Wildman–Crippen MR) is 88.9 cm³/mol. The fourth-order valence-corrected chi connectivity index (χ4v) is 2.64. The Morgan fingerprint density at radius 3 is 2.71 bits per heavy atom. The summed E-state index contributed by atoms with van der Waals surface area (Å²) in [4.78, 5) is 14.0. The van der Waals surface area contributed by atoms with E-state index >= 15 is 0 Å². The second-order valence-electron chi connectivity index (χ2n) is 5.88. The lowest BCUT2D eigenvalue weighted by Gasteiger charge is -2.19. The summed E-state index contributed by atoms with van der Waals surface area (Å²) in [6, 6.07) is 7.36. The molecule has 0 unspecified atom stereocenters. The molecule has 6 heteroatoms. The molecule has 2 aromatic rings. The molecule has 1 fully saturated rings. The Morgan fingerprint density at radius 1 is 1.29 bits per heavy atom. The molecule has 1 aromatic carbocycles. The van der Waals surface area contributed by atoms with Gasteiger partial charge in [-0.3, -0.25) is 4.79 Å². The zero-order valence-electron chi connectivity index (χ0n) is 14.2. The van der Waals surface area contributed by atoms with Crippen molar-refractivity contribution in [3.63, 3.8) is 0 Å². The van der Waals surface area contributed by atoms with Gasteiger partial charge in [0.1, 0.15) is 17.2 Å². The molecule has 3 rings (SSSR count). The van der Waals surface area contributed by atoms with Gasteiger partial charge in [-0.05, 0) is 31.9 Å². The maximum atomic E-state index is 12.2. The Morgan fingerprint density at radius 2 is 2.08 bits per heavy atom. The minimum atomic E-state index is 0.206. The van der Waals surface area contributed by atoms with Crippen molar-refractivity contribution in [3.05, 3.63) is 30.0 Å². The molecule has 0 radical (unpaired) electrons. The first kappa shape index (κ1) is 16.4. The van der Waals surface area contributed by atoms with E-state index in [1.165, 1.54) is 0 Å². The Kier molecular flexibility index (Phi) is 4.74. The quantitative estimate of drug-likeness (QED) is 0.780. The van der Waals surface area contributed by atoms with E-state index in [-0.39, 0.29) is 11.8 Å². The lowest BCUT2D eigenvalue weighted by Crippen LogP contribution is -2.31. The third-order valence-electron chi connectivity index (χ3n) is 4.21.